The van der Waals surface area contributed by atoms with E-state index in [0.717, 1.165) is 35.8 Å². The predicted octanol–water partition coefficient (Wildman–Crippen LogP) is 2.62. The van der Waals surface area contributed by atoms with Gasteiger partial charge in [0.2, 0.25) is 0 Å². The van der Waals surface area contributed by atoms with E-state index in [0.29, 0.717) is 0 Å². The Labute approximate surface area is 132 Å². The Balaban J connectivity index is 0.00000200. The Morgan fingerprint density at radius 3 is 2.55 bits per heavy atom. The highest BCUT2D eigenvalue weighted by Gasteiger charge is 2.40. The first-order valence-electron chi connectivity index (χ1n) is 6.65. The molecule has 1 fully saturated rings. The summed E-state index contributed by atoms with van der Waals surface area (Å²) < 4.78 is 5.19. The predicted molar refractivity (Wildman–Crippen MR) is 88.1 cm³/mol. The first-order valence-corrected chi connectivity index (χ1v) is 7.81. The van der Waals surface area contributed by atoms with Gasteiger partial charge in [-0.1, -0.05) is 12.1 Å². The molecule has 0 unspecified atom stereocenters. The fraction of sp³-hybridized carbons (Fsp3) is 0.600. The van der Waals surface area contributed by atoms with E-state index in [1.54, 1.807) is 7.11 Å². The number of ether oxygens (including phenoxy) is 1. The van der Waals surface area contributed by atoms with Crippen molar-refractivity contribution in [2.24, 2.45) is 5.92 Å². The first kappa shape index (κ1) is 17.6. The van der Waals surface area contributed by atoms with Crippen molar-refractivity contribution in [3.63, 3.8) is 0 Å². The summed E-state index contributed by atoms with van der Waals surface area (Å²) in [5, 5.41) is 11.1. The van der Waals surface area contributed by atoms with Crippen LogP contribution in [0.5, 0.6) is 5.75 Å². The van der Waals surface area contributed by atoms with Gasteiger partial charge in [-0.2, -0.15) is 11.8 Å². The molecule has 2 atom stereocenters. The van der Waals surface area contributed by atoms with E-state index in [9.17, 15) is 5.11 Å². The van der Waals surface area contributed by atoms with Gasteiger partial charge in [0.25, 0.3) is 0 Å². The monoisotopic (exact) mass is 317 g/mol. The molecule has 0 aromatic heterocycles. The number of aliphatic hydroxyl groups is 1. The molecule has 1 heterocycles. The van der Waals surface area contributed by atoms with E-state index < -0.39 is 5.60 Å². The van der Waals surface area contributed by atoms with Gasteiger partial charge in [-0.05, 0) is 44.0 Å². The molecule has 0 bridgehead atoms. The highest BCUT2D eigenvalue weighted by Crippen LogP contribution is 2.41. The van der Waals surface area contributed by atoms with Gasteiger partial charge in [-0.15, -0.1) is 12.4 Å². The molecule has 1 aromatic rings. The molecule has 0 spiro atoms. The van der Waals surface area contributed by atoms with Crippen molar-refractivity contribution in [2.75, 3.05) is 39.3 Å². The topological polar surface area (TPSA) is 32.7 Å². The zero-order valence-corrected chi connectivity index (χ0v) is 14.0. The van der Waals surface area contributed by atoms with Crippen LogP contribution in [-0.4, -0.2) is 49.3 Å². The van der Waals surface area contributed by atoms with E-state index >= 15 is 0 Å². The number of rotatable bonds is 4. The molecule has 3 nitrogen and oxygen atoms in total. The molecule has 0 aliphatic carbocycles. The van der Waals surface area contributed by atoms with Crippen LogP contribution in [0.25, 0.3) is 0 Å². The van der Waals surface area contributed by atoms with Crippen molar-refractivity contribution in [1.82, 2.24) is 4.90 Å². The van der Waals surface area contributed by atoms with Crippen molar-refractivity contribution in [3.8, 4) is 5.75 Å². The lowest BCUT2D eigenvalue weighted by atomic mass is 9.79. The highest BCUT2D eigenvalue weighted by molar-refractivity contribution is 7.99. The van der Waals surface area contributed by atoms with Gasteiger partial charge >= 0.3 is 0 Å². The van der Waals surface area contributed by atoms with Crippen LogP contribution in [0.2, 0.25) is 0 Å². The number of benzene rings is 1. The van der Waals surface area contributed by atoms with Gasteiger partial charge in [0.15, 0.2) is 0 Å². The molecule has 1 N–H and O–H groups in total. The molecule has 114 valence electrons. The number of halogens is 1. The van der Waals surface area contributed by atoms with E-state index in [-0.39, 0.29) is 18.3 Å². The second kappa shape index (κ2) is 7.55. The average molecular weight is 318 g/mol. The smallest absolute Gasteiger partial charge is 0.118 e. The van der Waals surface area contributed by atoms with Gasteiger partial charge in [0, 0.05) is 18.2 Å². The van der Waals surface area contributed by atoms with E-state index in [2.05, 4.69) is 19.0 Å². The minimum Gasteiger partial charge on any atom is -0.497 e. The van der Waals surface area contributed by atoms with Crippen LogP contribution < -0.4 is 4.74 Å². The maximum atomic E-state index is 11.1. The first-order chi connectivity index (χ1) is 9.06. The summed E-state index contributed by atoms with van der Waals surface area (Å²) in [6.45, 7) is 0.912. The standard InChI is InChI=1S/C15H23NO2S.ClH/c1-16(2)10-13-11-19-9-8-15(13,17)12-4-6-14(18-3)7-5-12;/h4-7,13,17H,8-11H2,1-3H3;1H/t13-,15+;/m0./s1. The summed E-state index contributed by atoms with van der Waals surface area (Å²) >= 11 is 1.94. The molecule has 1 aromatic carbocycles. The SMILES string of the molecule is COc1ccc([C@]2(O)CCSC[C@@H]2CN(C)C)cc1.Cl. The Morgan fingerprint density at radius 1 is 1.35 bits per heavy atom. The van der Waals surface area contributed by atoms with Gasteiger partial charge in [0.05, 0.1) is 12.7 Å². The van der Waals surface area contributed by atoms with Crippen molar-refractivity contribution in [2.45, 2.75) is 12.0 Å². The zero-order chi connectivity index (χ0) is 13.9. The van der Waals surface area contributed by atoms with Crippen molar-refractivity contribution in [3.05, 3.63) is 29.8 Å². The lowest BCUT2D eigenvalue weighted by molar-refractivity contribution is -0.0293. The Morgan fingerprint density at radius 2 is 2.00 bits per heavy atom. The number of hydrogen-bond acceptors (Lipinski definition) is 4. The van der Waals surface area contributed by atoms with Crippen molar-refractivity contribution in [1.29, 1.82) is 0 Å². The lowest BCUT2D eigenvalue weighted by Crippen LogP contribution is -2.45. The molecular weight excluding hydrogens is 294 g/mol. The quantitative estimate of drug-likeness (QED) is 0.925. The summed E-state index contributed by atoms with van der Waals surface area (Å²) in [4.78, 5) is 2.16. The minimum absolute atomic E-state index is 0. The fourth-order valence-electron chi connectivity index (χ4n) is 2.70. The molecule has 0 saturated carbocycles. The molecule has 0 amide bonds. The normalized spacial score (nSPS) is 26.1. The average Bonchev–Trinajstić information content (AvgIpc) is 2.41. The molecule has 2 rings (SSSR count). The van der Waals surface area contributed by atoms with Crippen LogP contribution in [0.1, 0.15) is 12.0 Å². The van der Waals surface area contributed by atoms with E-state index in [1.807, 2.05) is 36.0 Å². The third kappa shape index (κ3) is 3.82. The van der Waals surface area contributed by atoms with Crippen LogP contribution >= 0.6 is 24.2 Å². The Kier molecular flexibility index (Phi) is 6.65. The van der Waals surface area contributed by atoms with Crippen LogP contribution in [0.15, 0.2) is 24.3 Å². The summed E-state index contributed by atoms with van der Waals surface area (Å²) in [6, 6.07) is 7.86. The van der Waals surface area contributed by atoms with E-state index in [1.165, 1.54) is 0 Å². The molecule has 1 aliphatic heterocycles. The van der Waals surface area contributed by atoms with Gasteiger partial charge < -0.3 is 14.7 Å². The second-order valence-electron chi connectivity index (χ2n) is 5.44. The third-order valence-corrected chi connectivity index (χ3v) is 4.93. The summed E-state index contributed by atoms with van der Waals surface area (Å²) in [5.41, 5.74) is 0.308. The molecule has 1 saturated heterocycles. The number of thioether (sulfide) groups is 1. The second-order valence-corrected chi connectivity index (χ2v) is 6.59. The number of hydrogen-bond donors (Lipinski definition) is 1. The molecular formula is C15H24ClNO2S. The Bertz CT molecular complexity index is 413. The van der Waals surface area contributed by atoms with Gasteiger partial charge in [-0.3, -0.25) is 0 Å². The summed E-state index contributed by atoms with van der Waals surface area (Å²) in [6.07, 6.45) is 0.822. The number of methoxy groups -OCH3 is 1. The fourth-order valence-corrected chi connectivity index (χ4v) is 3.99. The molecule has 20 heavy (non-hydrogen) atoms. The highest BCUT2D eigenvalue weighted by atomic mass is 35.5. The van der Waals surface area contributed by atoms with E-state index in [4.69, 9.17) is 4.74 Å². The largest absolute Gasteiger partial charge is 0.497 e. The van der Waals surface area contributed by atoms with Crippen LogP contribution in [0, 0.1) is 5.92 Å². The lowest BCUT2D eigenvalue weighted by Gasteiger charge is -2.41. The zero-order valence-electron chi connectivity index (χ0n) is 12.3. The Hall–Kier alpha value is -0.420. The van der Waals surface area contributed by atoms with Crippen molar-refractivity contribution < 1.29 is 9.84 Å². The van der Waals surface area contributed by atoms with Gasteiger partial charge in [-0.25, -0.2) is 0 Å². The number of nitrogens with zero attached hydrogens (tertiary/aromatic N) is 1. The molecule has 5 heteroatoms. The van der Waals surface area contributed by atoms with Crippen LogP contribution in [-0.2, 0) is 5.60 Å². The molecule has 1 aliphatic rings. The van der Waals surface area contributed by atoms with Crippen molar-refractivity contribution >= 4 is 24.2 Å². The van der Waals surface area contributed by atoms with Crippen LogP contribution in [0.4, 0.5) is 0 Å². The summed E-state index contributed by atoms with van der Waals surface area (Å²) in [5.74, 6) is 3.14. The maximum Gasteiger partial charge on any atom is 0.118 e. The molecule has 0 radical (unpaired) electrons. The summed E-state index contributed by atoms with van der Waals surface area (Å²) in [7, 11) is 5.79. The minimum atomic E-state index is -0.707. The van der Waals surface area contributed by atoms with Crippen LogP contribution in [0.3, 0.4) is 0 Å². The van der Waals surface area contributed by atoms with Gasteiger partial charge in [0.1, 0.15) is 5.75 Å². The maximum absolute atomic E-state index is 11.1. The third-order valence-electron chi connectivity index (χ3n) is 3.80.